The molecule has 0 aromatic heterocycles. The zero-order valence-corrected chi connectivity index (χ0v) is 55.6. The number of ether oxygens (including phenoxy) is 6. The Morgan fingerprint density at radius 3 is 1.38 bits per heavy atom. The molecule has 4 N–H and O–H groups in total. The molecule has 2 fully saturated rings. The van der Waals surface area contributed by atoms with Gasteiger partial charge in [-0.1, -0.05) is 52.8 Å². The Labute approximate surface area is 539 Å². The molecule has 2 saturated heterocycles. The number of benzene rings is 4. The molecular formula is C62H86Cl4N8O12S2. The van der Waals surface area contributed by atoms with Crippen molar-refractivity contribution >= 4 is 78.3 Å². The molecule has 0 unspecified atom stereocenters. The average Bonchev–Trinajstić information content (AvgIpc) is 2.01. The number of piperazine rings is 2. The van der Waals surface area contributed by atoms with E-state index >= 15 is 0 Å². The second-order valence-electron chi connectivity index (χ2n) is 22.9. The van der Waals surface area contributed by atoms with Crippen molar-refractivity contribution in [3.63, 3.8) is 0 Å². The summed E-state index contributed by atoms with van der Waals surface area (Å²) in [6, 6.07) is 16.9. The Morgan fingerprint density at radius 1 is 0.500 bits per heavy atom. The predicted molar refractivity (Wildman–Crippen MR) is 343 cm³/mol. The minimum Gasteiger partial charge on any atom is -0.484 e. The molecule has 0 radical (unpaired) electrons. The third kappa shape index (κ3) is 20.3. The first-order valence-electron chi connectivity index (χ1n) is 30.5. The lowest BCUT2D eigenvalue weighted by Gasteiger charge is -2.39. The van der Waals surface area contributed by atoms with Crippen LogP contribution >= 0.6 is 46.4 Å². The molecule has 4 aromatic carbocycles. The number of nitrogens with zero attached hydrogens (tertiary/aromatic N) is 4. The summed E-state index contributed by atoms with van der Waals surface area (Å²) in [4.78, 5) is 34.4. The largest absolute Gasteiger partial charge is 0.484 e. The molecule has 4 aromatic rings. The molecule has 26 heteroatoms. The van der Waals surface area contributed by atoms with Gasteiger partial charge in [-0.15, -0.1) is 0 Å². The standard InChI is InChI=1S/C62H86Cl4N8O12S2/c1-43-35-48(11-13-58(43)85-60-52-37-45(63)39-54(65)50(52)41-56(60)73-23-19-71(3)20-24-73)87(77,78)69-17-29-83-32-31-81-27-8-10-47(75)9-6-5-7-15-67-62(76)68-16-28-82-33-34-84-30-18-70-88(79,80)49-12-14-59(44(2)36-49)86-61-53-38-46(64)40-55(66)51(53)42-57(61)74-25-21-72(4)22-26-74/h11-14,35-40,56-57,60-61,69-70H,5-10,15-34,41-42H2,1-4H3,(H2,67,68,76)/t56-,57-,60-,61-/m0/s1. The highest BCUT2D eigenvalue weighted by Crippen LogP contribution is 2.45. The van der Waals surface area contributed by atoms with Crippen molar-refractivity contribution in [1.82, 2.24) is 39.7 Å². The van der Waals surface area contributed by atoms with Crippen molar-refractivity contribution in [2.45, 2.75) is 99.3 Å². The summed E-state index contributed by atoms with van der Waals surface area (Å²) >= 11 is 26.3. The first-order valence-corrected chi connectivity index (χ1v) is 34.9. The van der Waals surface area contributed by atoms with Crippen LogP contribution in [0.3, 0.4) is 0 Å². The molecule has 2 aliphatic heterocycles. The van der Waals surface area contributed by atoms with Crippen molar-refractivity contribution in [3.05, 3.63) is 114 Å². The topological polar surface area (TPSA) is 219 Å². The number of hydrogen-bond acceptors (Lipinski definition) is 16. The molecule has 0 spiro atoms. The molecule has 4 atom stereocenters. The lowest BCUT2D eigenvalue weighted by atomic mass is 10.1. The number of sulfonamides is 2. The third-order valence-electron chi connectivity index (χ3n) is 16.5. The number of ketones is 1. The number of unbranched alkanes of at least 4 members (excludes halogenated alkanes) is 2. The fourth-order valence-electron chi connectivity index (χ4n) is 11.5. The van der Waals surface area contributed by atoms with Gasteiger partial charge in [0, 0.05) is 129 Å². The number of Topliss-reactive ketones (excluding diaryl/α,β-unsaturated/α-hetero) is 1. The normalized spacial score (nSPS) is 19.4. The summed E-state index contributed by atoms with van der Waals surface area (Å²) < 4.78 is 93.8. The van der Waals surface area contributed by atoms with Gasteiger partial charge in [0.15, 0.2) is 0 Å². The van der Waals surface area contributed by atoms with Crippen LogP contribution in [0.15, 0.2) is 70.5 Å². The van der Waals surface area contributed by atoms with Crippen LogP contribution in [0.2, 0.25) is 20.1 Å². The van der Waals surface area contributed by atoms with E-state index < -0.39 is 20.0 Å². The Balaban J connectivity index is 0.590. The molecule has 8 rings (SSSR count). The van der Waals surface area contributed by atoms with E-state index in [-0.39, 0.29) is 98.6 Å². The van der Waals surface area contributed by atoms with Gasteiger partial charge in [-0.05, 0) is 143 Å². The van der Waals surface area contributed by atoms with E-state index in [1.54, 1.807) is 48.5 Å². The van der Waals surface area contributed by atoms with Crippen LogP contribution < -0.4 is 29.6 Å². The predicted octanol–water partition coefficient (Wildman–Crippen LogP) is 8.03. The lowest BCUT2D eigenvalue weighted by molar-refractivity contribution is -0.119. The molecular weight excluding hydrogens is 1250 g/mol. The first kappa shape index (κ1) is 70.0. The van der Waals surface area contributed by atoms with Gasteiger partial charge in [0.25, 0.3) is 0 Å². The number of rotatable bonds is 35. The number of urea groups is 1. The van der Waals surface area contributed by atoms with Crippen LogP contribution in [0.1, 0.15) is 84.1 Å². The quantitative estimate of drug-likeness (QED) is 0.0321. The van der Waals surface area contributed by atoms with E-state index in [1.807, 2.05) is 26.0 Å². The van der Waals surface area contributed by atoms with Gasteiger partial charge in [0.05, 0.1) is 68.1 Å². The van der Waals surface area contributed by atoms with E-state index in [4.69, 9.17) is 74.8 Å². The summed E-state index contributed by atoms with van der Waals surface area (Å²) in [5, 5.41) is 7.91. The summed E-state index contributed by atoms with van der Waals surface area (Å²) in [5.74, 6) is 1.34. The van der Waals surface area contributed by atoms with Gasteiger partial charge in [0.2, 0.25) is 20.0 Å². The number of amides is 2. The number of fused-ring (bicyclic) bond motifs is 2. The lowest BCUT2D eigenvalue weighted by Crippen LogP contribution is -2.51. The second kappa shape index (κ2) is 34.1. The third-order valence-corrected chi connectivity index (χ3v) is 20.5. The molecule has 0 bridgehead atoms. The van der Waals surface area contributed by atoms with Crippen LogP contribution in [0, 0.1) is 13.8 Å². The summed E-state index contributed by atoms with van der Waals surface area (Å²) in [5.41, 5.74) is 5.36. The molecule has 88 heavy (non-hydrogen) atoms. The van der Waals surface area contributed by atoms with Gasteiger partial charge in [-0.3, -0.25) is 14.6 Å². The van der Waals surface area contributed by atoms with Crippen LogP contribution in [-0.2, 0) is 56.6 Å². The van der Waals surface area contributed by atoms with Crippen molar-refractivity contribution in [3.8, 4) is 11.5 Å². The Kier molecular flexibility index (Phi) is 27.1. The number of carbonyl (C=O) groups is 2. The molecule has 2 aliphatic carbocycles. The Morgan fingerprint density at radius 2 is 0.920 bits per heavy atom. The zero-order valence-electron chi connectivity index (χ0n) is 50.9. The van der Waals surface area contributed by atoms with Crippen molar-refractivity contribution < 1.29 is 54.8 Å². The highest BCUT2D eigenvalue weighted by atomic mass is 35.5. The van der Waals surface area contributed by atoms with Crippen LogP contribution in [-0.4, -0.2) is 206 Å². The number of nitrogens with one attached hydrogen (secondary N) is 4. The minimum absolute atomic E-state index is 0.0604. The number of hydrogen-bond donors (Lipinski definition) is 4. The zero-order chi connectivity index (χ0) is 62.8. The van der Waals surface area contributed by atoms with E-state index in [2.05, 4.69) is 53.8 Å². The maximum absolute atomic E-state index is 13.2. The summed E-state index contributed by atoms with van der Waals surface area (Å²) in [6.45, 7) is 14.2. The fourth-order valence-corrected chi connectivity index (χ4v) is 14.9. The second-order valence-corrected chi connectivity index (χ2v) is 28.2. The Hall–Kier alpha value is -3.92. The van der Waals surface area contributed by atoms with Crippen LogP contribution in [0.4, 0.5) is 4.79 Å². The molecule has 4 aliphatic rings. The summed E-state index contributed by atoms with van der Waals surface area (Å²) in [6.07, 6.45) is 4.57. The van der Waals surface area contributed by atoms with Crippen LogP contribution in [0.25, 0.3) is 0 Å². The van der Waals surface area contributed by atoms with E-state index in [9.17, 15) is 26.4 Å². The number of likely N-dealkylation sites (N-methyl/N-ethyl adjacent to an activating group) is 2. The SMILES string of the molecule is Cc1cc(S(=O)(=O)NCCOCCOCCCC(=O)CCCCCNC(=O)NCCOCCOCCNS(=O)(=O)c2ccc(O[C@H]3c4cc(Cl)cc(Cl)c4C[C@@H]3N3CCN(C)CC3)c(C)c2)ccc1O[C@H]1c2cc(Cl)cc(Cl)c2C[C@@H]1N1CCN(C)CC1. The molecule has 20 nitrogen and oxygen atoms in total. The number of aryl methyl sites for hydroxylation is 2. The maximum atomic E-state index is 13.2. The molecule has 2 amide bonds. The van der Waals surface area contributed by atoms with E-state index in [0.29, 0.717) is 88.3 Å². The first-order chi connectivity index (χ1) is 42.3. The highest BCUT2D eigenvalue weighted by Gasteiger charge is 2.42. The van der Waals surface area contributed by atoms with Crippen LogP contribution in [0.5, 0.6) is 11.5 Å². The number of halogens is 4. The van der Waals surface area contributed by atoms with Crippen molar-refractivity contribution in [2.24, 2.45) is 0 Å². The van der Waals surface area contributed by atoms with Crippen molar-refractivity contribution in [1.29, 1.82) is 0 Å². The van der Waals surface area contributed by atoms with Crippen molar-refractivity contribution in [2.75, 3.05) is 145 Å². The minimum atomic E-state index is -3.82. The Bertz CT molecular complexity index is 2980. The number of carbonyl (C=O) groups excluding carboxylic acids is 2. The van der Waals surface area contributed by atoms with Gasteiger partial charge in [-0.25, -0.2) is 31.1 Å². The van der Waals surface area contributed by atoms with Gasteiger partial charge < -0.3 is 48.9 Å². The van der Waals surface area contributed by atoms with Gasteiger partial charge >= 0.3 is 6.03 Å². The van der Waals surface area contributed by atoms with E-state index in [1.165, 1.54) is 0 Å². The van der Waals surface area contributed by atoms with E-state index in [0.717, 1.165) is 107 Å². The smallest absolute Gasteiger partial charge is 0.314 e. The fraction of sp³-hybridized carbons (Fsp3) is 0.581. The average molecular weight is 1340 g/mol. The molecule has 2 heterocycles. The highest BCUT2D eigenvalue weighted by molar-refractivity contribution is 7.89. The monoisotopic (exact) mass is 1340 g/mol. The molecule has 486 valence electrons. The van der Waals surface area contributed by atoms with Gasteiger partial charge in [0.1, 0.15) is 29.5 Å². The van der Waals surface area contributed by atoms with Gasteiger partial charge in [-0.2, -0.15) is 0 Å². The summed E-state index contributed by atoms with van der Waals surface area (Å²) in [7, 11) is -3.39. The maximum Gasteiger partial charge on any atom is 0.314 e. The molecule has 0 saturated carbocycles.